The zero-order valence-corrected chi connectivity index (χ0v) is 11.4. The number of para-hydroxylation sites is 1. The van der Waals surface area contributed by atoms with Crippen LogP contribution in [-0.4, -0.2) is 24.5 Å². The first-order valence-electron chi connectivity index (χ1n) is 6.37. The second-order valence-corrected chi connectivity index (χ2v) is 4.17. The Morgan fingerprint density at radius 2 is 2.10 bits per heavy atom. The van der Waals surface area contributed by atoms with Gasteiger partial charge >= 0.3 is 0 Å². The summed E-state index contributed by atoms with van der Waals surface area (Å²) in [5.41, 5.74) is 1.35. The van der Waals surface area contributed by atoms with E-state index in [1.165, 1.54) is 17.2 Å². The van der Waals surface area contributed by atoms with E-state index in [-0.39, 0.29) is 11.6 Å². The maximum Gasteiger partial charge on any atom is 0.262 e. The number of hydrogen-bond acceptors (Lipinski definition) is 3. The number of aromatic nitrogens is 1. The van der Waals surface area contributed by atoms with Gasteiger partial charge in [0.1, 0.15) is 5.82 Å². The Morgan fingerprint density at radius 1 is 1.35 bits per heavy atom. The number of carbonyl (C=O) groups is 1. The van der Waals surface area contributed by atoms with Crippen molar-refractivity contribution in [2.45, 2.75) is 6.92 Å². The monoisotopic (exact) mass is 273 g/mol. The Hall–Kier alpha value is -2.43. The Bertz CT molecular complexity index is 616. The molecule has 0 bridgehead atoms. The topological polar surface area (TPSA) is 45.2 Å². The second kappa shape index (κ2) is 6.14. The standard InChI is InChI=1S/C15H16FN3O/c1-3-19(14-7-5-4-6-12(14)16)15(20)11-10-18-9-8-13(11)17-2/h4-10H,3H2,1-2H3,(H,17,18). The minimum atomic E-state index is -0.419. The van der Waals surface area contributed by atoms with Crippen molar-refractivity contribution < 1.29 is 9.18 Å². The quantitative estimate of drug-likeness (QED) is 0.931. The number of nitrogens with zero attached hydrogens (tertiary/aromatic N) is 2. The first-order chi connectivity index (χ1) is 9.69. The maximum absolute atomic E-state index is 13.9. The molecule has 1 amide bonds. The molecule has 0 aliphatic rings. The van der Waals surface area contributed by atoms with Crippen LogP contribution in [0.4, 0.5) is 15.8 Å². The highest BCUT2D eigenvalue weighted by Crippen LogP contribution is 2.23. The summed E-state index contributed by atoms with van der Waals surface area (Å²) in [5.74, 6) is -0.701. The van der Waals surface area contributed by atoms with Crippen LogP contribution in [0.15, 0.2) is 42.7 Å². The summed E-state index contributed by atoms with van der Waals surface area (Å²) in [7, 11) is 1.73. The maximum atomic E-state index is 13.9. The van der Waals surface area contributed by atoms with Crippen LogP contribution >= 0.6 is 0 Å². The molecule has 0 aliphatic heterocycles. The minimum absolute atomic E-state index is 0.269. The fraction of sp³-hybridized carbons (Fsp3) is 0.200. The van der Waals surface area contributed by atoms with E-state index in [0.29, 0.717) is 17.8 Å². The lowest BCUT2D eigenvalue weighted by atomic mass is 10.2. The van der Waals surface area contributed by atoms with Gasteiger partial charge in [0.05, 0.1) is 11.3 Å². The molecule has 0 atom stereocenters. The summed E-state index contributed by atoms with van der Waals surface area (Å²) in [6, 6.07) is 7.94. The molecule has 0 radical (unpaired) electrons. The van der Waals surface area contributed by atoms with Crippen molar-refractivity contribution >= 4 is 17.3 Å². The van der Waals surface area contributed by atoms with E-state index in [1.807, 2.05) is 0 Å². The molecule has 1 heterocycles. The van der Waals surface area contributed by atoms with Gasteiger partial charge in [-0.3, -0.25) is 9.78 Å². The van der Waals surface area contributed by atoms with Crippen LogP contribution in [0, 0.1) is 5.82 Å². The third-order valence-corrected chi connectivity index (χ3v) is 3.03. The zero-order chi connectivity index (χ0) is 14.5. The molecule has 2 rings (SSSR count). The largest absolute Gasteiger partial charge is 0.387 e. The third-order valence-electron chi connectivity index (χ3n) is 3.03. The van der Waals surface area contributed by atoms with Crippen LogP contribution in [0.3, 0.4) is 0 Å². The molecule has 0 saturated heterocycles. The number of pyridine rings is 1. The van der Waals surface area contributed by atoms with Crippen LogP contribution in [0.5, 0.6) is 0 Å². The second-order valence-electron chi connectivity index (χ2n) is 4.17. The molecule has 1 aromatic heterocycles. The molecule has 5 heteroatoms. The molecular weight excluding hydrogens is 257 g/mol. The Kier molecular flexibility index (Phi) is 4.30. The first-order valence-corrected chi connectivity index (χ1v) is 6.37. The summed E-state index contributed by atoms with van der Waals surface area (Å²) in [6.45, 7) is 2.18. The fourth-order valence-corrected chi connectivity index (χ4v) is 2.02. The number of carbonyl (C=O) groups excluding carboxylic acids is 1. The molecule has 0 spiro atoms. The Balaban J connectivity index is 2.42. The molecule has 104 valence electrons. The predicted octanol–water partition coefficient (Wildman–Crippen LogP) is 2.93. The summed E-state index contributed by atoms with van der Waals surface area (Å²) < 4.78 is 13.9. The SMILES string of the molecule is CCN(C(=O)c1cnccc1NC)c1ccccc1F. The van der Waals surface area contributed by atoms with Gasteiger partial charge in [-0.25, -0.2) is 4.39 Å². The number of amides is 1. The number of anilines is 2. The van der Waals surface area contributed by atoms with Gasteiger partial charge in [0.2, 0.25) is 0 Å². The van der Waals surface area contributed by atoms with Gasteiger partial charge in [0.25, 0.3) is 5.91 Å². The van der Waals surface area contributed by atoms with Crippen molar-refractivity contribution in [3.05, 3.63) is 54.1 Å². The van der Waals surface area contributed by atoms with Crippen molar-refractivity contribution in [1.82, 2.24) is 4.98 Å². The van der Waals surface area contributed by atoms with E-state index in [4.69, 9.17) is 0 Å². The molecule has 0 fully saturated rings. The minimum Gasteiger partial charge on any atom is -0.387 e. The fourth-order valence-electron chi connectivity index (χ4n) is 2.02. The van der Waals surface area contributed by atoms with Crippen LogP contribution in [0.2, 0.25) is 0 Å². The summed E-state index contributed by atoms with van der Waals surface area (Å²) in [5, 5.41) is 2.94. The van der Waals surface area contributed by atoms with Gasteiger partial charge in [-0.05, 0) is 25.1 Å². The third kappa shape index (κ3) is 2.61. The lowest BCUT2D eigenvalue weighted by molar-refractivity contribution is 0.0988. The van der Waals surface area contributed by atoms with E-state index in [0.717, 1.165) is 0 Å². The summed E-state index contributed by atoms with van der Waals surface area (Å²) >= 11 is 0. The molecule has 0 aliphatic carbocycles. The van der Waals surface area contributed by atoms with E-state index >= 15 is 0 Å². The van der Waals surface area contributed by atoms with Gasteiger partial charge < -0.3 is 10.2 Å². The zero-order valence-electron chi connectivity index (χ0n) is 11.4. The van der Waals surface area contributed by atoms with Gasteiger partial charge in [-0.1, -0.05) is 12.1 Å². The molecule has 4 nitrogen and oxygen atoms in total. The lowest BCUT2D eigenvalue weighted by Gasteiger charge is -2.22. The van der Waals surface area contributed by atoms with Gasteiger partial charge in [0.15, 0.2) is 0 Å². The van der Waals surface area contributed by atoms with Crippen molar-refractivity contribution in [2.24, 2.45) is 0 Å². The number of rotatable bonds is 4. The molecule has 0 saturated carbocycles. The van der Waals surface area contributed by atoms with Crippen LogP contribution in [0.1, 0.15) is 17.3 Å². The van der Waals surface area contributed by atoms with Crippen molar-refractivity contribution in [2.75, 3.05) is 23.8 Å². The summed E-state index contributed by atoms with van der Waals surface area (Å²) in [6.07, 6.45) is 3.08. The van der Waals surface area contributed by atoms with Crippen molar-refractivity contribution in [3.8, 4) is 0 Å². The highest BCUT2D eigenvalue weighted by molar-refractivity contribution is 6.09. The Morgan fingerprint density at radius 3 is 2.75 bits per heavy atom. The van der Waals surface area contributed by atoms with Crippen LogP contribution < -0.4 is 10.2 Å². The van der Waals surface area contributed by atoms with E-state index in [9.17, 15) is 9.18 Å². The molecule has 2 aromatic rings. The van der Waals surface area contributed by atoms with Gasteiger partial charge in [0, 0.05) is 31.7 Å². The first kappa shape index (κ1) is 14.0. The number of benzene rings is 1. The highest BCUT2D eigenvalue weighted by Gasteiger charge is 2.21. The average Bonchev–Trinajstić information content (AvgIpc) is 2.49. The Labute approximate surface area is 117 Å². The normalized spacial score (nSPS) is 10.2. The van der Waals surface area contributed by atoms with Gasteiger partial charge in [-0.15, -0.1) is 0 Å². The van der Waals surface area contributed by atoms with E-state index < -0.39 is 5.82 Å². The molecule has 20 heavy (non-hydrogen) atoms. The lowest BCUT2D eigenvalue weighted by Crippen LogP contribution is -2.32. The molecule has 0 unspecified atom stereocenters. The smallest absolute Gasteiger partial charge is 0.262 e. The van der Waals surface area contributed by atoms with E-state index in [2.05, 4.69) is 10.3 Å². The van der Waals surface area contributed by atoms with Crippen LogP contribution in [0.25, 0.3) is 0 Å². The number of hydrogen-bond donors (Lipinski definition) is 1. The van der Waals surface area contributed by atoms with Crippen LogP contribution in [-0.2, 0) is 0 Å². The highest BCUT2D eigenvalue weighted by atomic mass is 19.1. The van der Waals surface area contributed by atoms with Crippen molar-refractivity contribution in [1.29, 1.82) is 0 Å². The summed E-state index contributed by atoms with van der Waals surface area (Å²) in [4.78, 5) is 17.9. The predicted molar refractivity (Wildman–Crippen MR) is 77.5 cm³/mol. The average molecular weight is 273 g/mol. The number of nitrogens with one attached hydrogen (secondary N) is 1. The molecule has 1 aromatic carbocycles. The van der Waals surface area contributed by atoms with Crippen molar-refractivity contribution in [3.63, 3.8) is 0 Å². The number of halogens is 1. The van der Waals surface area contributed by atoms with E-state index in [1.54, 1.807) is 44.4 Å². The molecule has 1 N–H and O–H groups in total. The van der Waals surface area contributed by atoms with Gasteiger partial charge in [-0.2, -0.15) is 0 Å². The molecular formula is C15H16FN3O.